The van der Waals surface area contributed by atoms with Crippen molar-refractivity contribution >= 4 is 29.3 Å². The van der Waals surface area contributed by atoms with Crippen LogP contribution in [0.1, 0.15) is 39.1 Å². The molecule has 0 aliphatic carbocycles. The Balaban J connectivity index is 1.64. The number of carbonyl (C=O) groups excluding carboxylic acids is 4. The lowest BCUT2D eigenvalue weighted by atomic mass is 10.0. The molecule has 2 aliphatic rings. The molecule has 2 aliphatic heterocycles. The van der Waals surface area contributed by atoms with Gasteiger partial charge in [0, 0.05) is 12.1 Å². The Morgan fingerprint density at radius 2 is 1.67 bits per heavy atom. The first-order chi connectivity index (χ1) is 13.0. The van der Waals surface area contributed by atoms with Crippen molar-refractivity contribution in [3.05, 3.63) is 65.2 Å². The minimum Gasteiger partial charge on any atom is -0.398 e. The molecule has 136 valence electrons. The SMILES string of the molecule is Nc1cccc2c1C(=O)N(C1CCC(=O)N(Cc3ccccc3)C1=O)C2=O. The van der Waals surface area contributed by atoms with Gasteiger partial charge >= 0.3 is 0 Å². The summed E-state index contributed by atoms with van der Waals surface area (Å²) < 4.78 is 0. The maximum Gasteiger partial charge on any atom is 0.264 e. The fraction of sp³-hybridized carbons (Fsp3) is 0.200. The molecular formula is C20H17N3O4. The summed E-state index contributed by atoms with van der Waals surface area (Å²) in [5, 5.41) is 0. The van der Waals surface area contributed by atoms with Crippen LogP contribution in [0.5, 0.6) is 0 Å². The van der Waals surface area contributed by atoms with Crippen LogP contribution in [0.15, 0.2) is 48.5 Å². The Labute approximate surface area is 155 Å². The van der Waals surface area contributed by atoms with Gasteiger partial charge in [0.1, 0.15) is 6.04 Å². The van der Waals surface area contributed by atoms with Gasteiger partial charge in [-0.2, -0.15) is 0 Å². The van der Waals surface area contributed by atoms with Gasteiger partial charge in [0.2, 0.25) is 5.91 Å². The summed E-state index contributed by atoms with van der Waals surface area (Å²) in [5.74, 6) is -1.98. The van der Waals surface area contributed by atoms with Gasteiger partial charge in [-0.15, -0.1) is 0 Å². The molecule has 2 heterocycles. The Kier molecular flexibility index (Phi) is 3.99. The molecule has 0 radical (unpaired) electrons. The molecule has 4 amide bonds. The van der Waals surface area contributed by atoms with E-state index >= 15 is 0 Å². The van der Waals surface area contributed by atoms with E-state index in [1.165, 1.54) is 6.07 Å². The van der Waals surface area contributed by atoms with E-state index in [1.807, 2.05) is 30.3 Å². The van der Waals surface area contributed by atoms with Crippen molar-refractivity contribution in [2.75, 3.05) is 5.73 Å². The van der Waals surface area contributed by atoms with Crippen molar-refractivity contribution in [2.45, 2.75) is 25.4 Å². The zero-order valence-electron chi connectivity index (χ0n) is 14.4. The number of nitrogens with zero attached hydrogens (tertiary/aromatic N) is 2. The van der Waals surface area contributed by atoms with Gasteiger partial charge in [-0.3, -0.25) is 29.0 Å². The number of piperidine rings is 1. The van der Waals surface area contributed by atoms with Crippen molar-refractivity contribution in [1.29, 1.82) is 0 Å². The Bertz CT molecular complexity index is 970. The second-order valence-corrected chi connectivity index (χ2v) is 6.61. The number of likely N-dealkylation sites (tertiary alicyclic amines) is 1. The van der Waals surface area contributed by atoms with Gasteiger partial charge < -0.3 is 5.73 Å². The van der Waals surface area contributed by atoms with Gasteiger partial charge in [-0.25, -0.2) is 0 Å². The van der Waals surface area contributed by atoms with Crippen LogP contribution in [0, 0.1) is 0 Å². The van der Waals surface area contributed by atoms with Gasteiger partial charge in [-0.05, 0) is 24.1 Å². The highest BCUT2D eigenvalue weighted by Crippen LogP contribution is 2.32. The van der Waals surface area contributed by atoms with Gasteiger partial charge in [-0.1, -0.05) is 36.4 Å². The highest BCUT2D eigenvalue weighted by Gasteiger charge is 2.47. The number of rotatable bonds is 3. The van der Waals surface area contributed by atoms with E-state index in [4.69, 9.17) is 5.73 Å². The molecular weight excluding hydrogens is 346 g/mol. The van der Waals surface area contributed by atoms with Crippen LogP contribution in [0.25, 0.3) is 0 Å². The predicted octanol–water partition coefficient (Wildman–Crippen LogP) is 1.58. The summed E-state index contributed by atoms with van der Waals surface area (Å²) in [6.45, 7) is 0.111. The first kappa shape index (κ1) is 17.0. The highest BCUT2D eigenvalue weighted by molar-refractivity contribution is 6.25. The smallest absolute Gasteiger partial charge is 0.264 e. The van der Waals surface area contributed by atoms with Crippen LogP contribution in [0.3, 0.4) is 0 Å². The first-order valence-electron chi connectivity index (χ1n) is 8.63. The van der Waals surface area contributed by atoms with Gasteiger partial charge in [0.25, 0.3) is 17.7 Å². The van der Waals surface area contributed by atoms with Crippen molar-refractivity contribution in [3.63, 3.8) is 0 Å². The van der Waals surface area contributed by atoms with Crippen molar-refractivity contribution in [3.8, 4) is 0 Å². The topological polar surface area (TPSA) is 101 Å². The maximum absolute atomic E-state index is 13.0. The molecule has 1 saturated heterocycles. The standard InChI is InChI=1S/C20H17N3O4/c21-14-8-4-7-13-17(14)20(27)23(18(13)25)15-9-10-16(24)22(19(15)26)11-12-5-2-1-3-6-12/h1-8,15H,9-11,21H2. The molecule has 7 nitrogen and oxygen atoms in total. The van der Waals surface area contributed by atoms with Crippen molar-refractivity contribution < 1.29 is 19.2 Å². The van der Waals surface area contributed by atoms with E-state index in [-0.39, 0.29) is 42.1 Å². The Morgan fingerprint density at radius 1 is 0.926 bits per heavy atom. The fourth-order valence-corrected chi connectivity index (χ4v) is 3.61. The lowest BCUT2D eigenvalue weighted by molar-refractivity contribution is -0.152. The third-order valence-electron chi connectivity index (χ3n) is 4.96. The predicted molar refractivity (Wildman–Crippen MR) is 96.4 cm³/mol. The second-order valence-electron chi connectivity index (χ2n) is 6.61. The number of nitrogens with two attached hydrogens (primary N) is 1. The van der Waals surface area contributed by atoms with E-state index < -0.39 is 23.8 Å². The lowest BCUT2D eigenvalue weighted by Crippen LogP contribution is -2.55. The number of nitrogen functional groups attached to an aromatic ring is 1. The fourth-order valence-electron chi connectivity index (χ4n) is 3.61. The normalized spacial score (nSPS) is 19.6. The van der Waals surface area contributed by atoms with E-state index in [0.29, 0.717) is 0 Å². The van der Waals surface area contributed by atoms with Crippen LogP contribution < -0.4 is 5.73 Å². The quantitative estimate of drug-likeness (QED) is 0.659. The number of benzene rings is 2. The summed E-state index contributed by atoms with van der Waals surface area (Å²) in [6, 6.07) is 12.8. The molecule has 1 atom stereocenters. The molecule has 0 saturated carbocycles. The molecule has 0 spiro atoms. The average Bonchev–Trinajstić information content (AvgIpc) is 2.92. The lowest BCUT2D eigenvalue weighted by Gasteiger charge is -2.34. The molecule has 0 bridgehead atoms. The zero-order chi connectivity index (χ0) is 19.1. The number of fused-ring (bicyclic) bond motifs is 1. The molecule has 27 heavy (non-hydrogen) atoms. The monoisotopic (exact) mass is 363 g/mol. The maximum atomic E-state index is 13.0. The summed E-state index contributed by atoms with van der Waals surface area (Å²) in [6.07, 6.45) is 0.209. The van der Waals surface area contributed by atoms with E-state index in [9.17, 15) is 19.2 Å². The molecule has 1 unspecified atom stereocenters. The van der Waals surface area contributed by atoms with Crippen molar-refractivity contribution in [1.82, 2.24) is 9.80 Å². The molecule has 0 aromatic heterocycles. The Morgan fingerprint density at radius 3 is 2.37 bits per heavy atom. The highest BCUT2D eigenvalue weighted by atomic mass is 16.2. The number of anilines is 1. The minimum absolute atomic E-state index is 0.0894. The second kappa shape index (κ2) is 6.35. The van der Waals surface area contributed by atoms with Crippen LogP contribution in [-0.4, -0.2) is 39.5 Å². The third-order valence-corrected chi connectivity index (χ3v) is 4.96. The number of hydrogen-bond acceptors (Lipinski definition) is 5. The molecule has 2 aromatic rings. The summed E-state index contributed by atoms with van der Waals surface area (Å²) in [5.41, 5.74) is 7.17. The molecule has 2 N–H and O–H groups in total. The van der Waals surface area contributed by atoms with Crippen LogP contribution in [0.4, 0.5) is 5.69 Å². The third kappa shape index (κ3) is 2.68. The van der Waals surface area contributed by atoms with E-state index in [2.05, 4.69) is 0 Å². The first-order valence-corrected chi connectivity index (χ1v) is 8.63. The number of hydrogen-bond donors (Lipinski definition) is 1. The average molecular weight is 363 g/mol. The van der Waals surface area contributed by atoms with E-state index in [0.717, 1.165) is 15.4 Å². The van der Waals surface area contributed by atoms with Crippen LogP contribution >= 0.6 is 0 Å². The van der Waals surface area contributed by atoms with Crippen molar-refractivity contribution in [2.24, 2.45) is 0 Å². The molecule has 7 heteroatoms. The zero-order valence-corrected chi connectivity index (χ0v) is 14.4. The van der Waals surface area contributed by atoms with Gasteiger partial charge in [0.05, 0.1) is 17.7 Å². The summed E-state index contributed by atoms with van der Waals surface area (Å²) >= 11 is 0. The number of imide groups is 2. The number of carbonyl (C=O) groups is 4. The van der Waals surface area contributed by atoms with Crippen LogP contribution in [-0.2, 0) is 16.1 Å². The molecule has 1 fully saturated rings. The summed E-state index contributed by atoms with van der Waals surface area (Å²) in [7, 11) is 0. The van der Waals surface area contributed by atoms with Crippen LogP contribution in [0.2, 0.25) is 0 Å². The largest absolute Gasteiger partial charge is 0.398 e. The summed E-state index contributed by atoms with van der Waals surface area (Å²) in [4.78, 5) is 52.9. The van der Waals surface area contributed by atoms with Gasteiger partial charge in [0.15, 0.2) is 0 Å². The Hall–Kier alpha value is -3.48. The van der Waals surface area contributed by atoms with E-state index in [1.54, 1.807) is 12.1 Å². The number of amides is 4. The minimum atomic E-state index is -1.00. The molecule has 4 rings (SSSR count). The molecule has 2 aromatic carbocycles.